The number of hydrogen-bond acceptors (Lipinski definition) is 4. The van der Waals surface area contributed by atoms with Crippen LogP contribution < -0.4 is 0 Å². The van der Waals surface area contributed by atoms with Crippen LogP contribution in [0.3, 0.4) is 0 Å². The number of rotatable bonds is 4. The Hall–Kier alpha value is -1.36. The van der Waals surface area contributed by atoms with Crippen molar-refractivity contribution in [3.05, 3.63) is 18.0 Å². The lowest BCUT2D eigenvalue weighted by molar-refractivity contribution is 0.0411. The first-order valence-electron chi connectivity index (χ1n) is 6.08. The van der Waals surface area contributed by atoms with Gasteiger partial charge in [-0.25, -0.2) is 0 Å². The van der Waals surface area contributed by atoms with Crippen LogP contribution in [0.4, 0.5) is 0 Å². The average Bonchev–Trinajstić information content (AvgIpc) is 2.76. The third-order valence-electron chi connectivity index (χ3n) is 3.29. The Labute approximate surface area is 101 Å². The van der Waals surface area contributed by atoms with Gasteiger partial charge < -0.3 is 9.94 Å². The van der Waals surface area contributed by atoms with Gasteiger partial charge in [-0.3, -0.25) is 4.68 Å². The third-order valence-corrected chi connectivity index (χ3v) is 3.29. The van der Waals surface area contributed by atoms with Crippen LogP contribution in [0, 0.1) is 0 Å². The Bertz CT molecular complexity index is 377. The lowest BCUT2D eigenvalue weighted by Crippen LogP contribution is -2.22. The van der Waals surface area contributed by atoms with Crippen LogP contribution in [0.15, 0.2) is 17.4 Å². The van der Waals surface area contributed by atoms with Gasteiger partial charge in [0.2, 0.25) is 0 Å². The zero-order valence-electron chi connectivity index (χ0n) is 10.2. The third kappa shape index (κ3) is 3.30. The van der Waals surface area contributed by atoms with E-state index < -0.39 is 0 Å². The summed E-state index contributed by atoms with van der Waals surface area (Å²) in [6.45, 7) is 0.732. The molecule has 1 fully saturated rings. The topological polar surface area (TPSA) is 59.6 Å². The van der Waals surface area contributed by atoms with Gasteiger partial charge in [0.25, 0.3) is 0 Å². The van der Waals surface area contributed by atoms with Crippen molar-refractivity contribution >= 4 is 5.71 Å². The highest BCUT2D eigenvalue weighted by Gasteiger charge is 2.18. The fourth-order valence-electron chi connectivity index (χ4n) is 2.17. The zero-order chi connectivity index (χ0) is 12.1. The average molecular weight is 237 g/mol. The summed E-state index contributed by atoms with van der Waals surface area (Å²) < 4.78 is 7.70. The Morgan fingerprint density at radius 2 is 2.29 bits per heavy atom. The summed E-state index contributed by atoms with van der Waals surface area (Å²) in [7, 11) is 1.94. The molecular weight excluding hydrogens is 218 g/mol. The molecule has 17 heavy (non-hydrogen) atoms. The fourth-order valence-corrected chi connectivity index (χ4v) is 2.17. The van der Waals surface area contributed by atoms with Crippen molar-refractivity contribution in [1.29, 1.82) is 0 Å². The predicted octanol–water partition coefficient (Wildman–Crippen LogP) is 1.75. The van der Waals surface area contributed by atoms with E-state index in [1.165, 1.54) is 5.69 Å². The van der Waals surface area contributed by atoms with Gasteiger partial charge in [0.1, 0.15) is 0 Å². The molecule has 0 aromatic carbocycles. The second-order valence-electron chi connectivity index (χ2n) is 4.43. The summed E-state index contributed by atoms with van der Waals surface area (Å²) in [4.78, 5) is 0. The summed E-state index contributed by atoms with van der Waals surface area (Å²) in [5.74, 6) is 0. The van der Waals surface area contributed by atoms with Gasteiger partial charge in [0.05, 0.1) is 18.4 Å². The van der Waals surface area contributed by atoms with Gasteiger partial charge in [-0.15, -0.1) is 0 Å². The molecule has 2 rings (SSSR count). The lowest BCUT2D eigenvalue weighted by Gasteiger charge is -2.22. The molecule has 0 saturated heterocycles. The Balaban J connectivity index is 1.68. The maximum Gasteiger partial charge on any atom is 0.0582 e. The second-order valence-corrected chi connectivity index (χ2v) is 4.43. The molecule has 1 aromatic heterocycles. The fraction of sp³-hybridized carbons (Fsp3) is 0.667. The molecule has 0 aliphatic heterocycles. The van der Waals surface area contributed by atoms with Crippen LogP contribution in [-0.4, -0.2) is 33.4 Å². The van der Waals surface area contributed by atoms with E-state index in [-0.39, 0.29) is 0 Å². The summed E-state index contributed by atoms with van der Waals surface area (Å²) in [6.07, 6.45) is 6.65. The number of hydrogen-bond donors (Lipinski definition) is 1. The monoisotopic (exact) mass is 237 g/mol. The molecule has 0 unspecified atom stereocenters. The molecule has 1 saturated carbocycles. The molecule has 0 amide bonds. The highest BCUT2D eigenvalue weighted by atomic mass is 16.5. The normalized spacial score (nSPS) is 20.5. The minimum Gasteiger partial charge on any atom is -0.411 e. The smallest absolute Gasteiger partial charge is 0.0582 e. The van der Waals surface area contributed by atoms with E-state index in [4.69, 9.17) is 9.94 Å². The highest BCUT2D eigenvalue weighted by molar-refractivity contribution is 5.84. The highest BCUT2D eigenvalue weighted by Crippen LogP contribution is 2.19. The molecule has 0 spiro atoms. The molecule has 1 aromatic rings. The maximum atomic E-state index is 8.65. The summed E-state index contributed by atoms with van der Waals surface area (Å²) in [5.41, 5.74) is 2.09. The minimum absolute atomic E-state index is 0.314. The Morgan fingerprint density at radius 1 is 1.53 bits per heavy atom. The van der Waals surface area contributed by atoms with Crippen molar-refractivity contribution in [1.82, 2.24) is 9.78 Å². The van der Waals surface area contributed by atoms with Crippen molar-refractivity contribution in [2.45, 2.75) is 38.2 Å². The first kappa shape index (κ1) is 12.1. The predicted molar refractivity (Wildman–Crippen MR) is 64.3 cm³/mol. The van der Waals surface area contributed by atoms with E-state index in [0.717, 1.165) is 44.4 Å². The Morgan fingerprint density at radius 3 is 2.88 bits per heavy atom. The van der Waals surface area contributed by atoms with Gasteiger partial charge in [0.15, 0.2) is 0 Å². The number of oxime groups is 1. The van der Waals surface area contributed by atoms with Gasteiger partial charge in [-0.05, 0) is 31.7 Å². The zero-order valence-corrected chi connectivity index (χ0v) is 10.2. The van der Waals surface area contributed by atoms with Crippen molar-refractivity contribution < 1.29 is 9.94 Å². The quantitative estimate of drug-likeness (QED) is 0.641. The summed E-state index contributed by atoms with van der Waals surface area (Å²) in [6, 6.07) is 2.01. The molecular formula is C12H19N3O2. The molecule has 94 valence electrons. The van der Waals surface area contributed by atoms with E-state index in [9.17, 15) is 0 Å². The van der Waals surface area contributed by atoms with Crippen LogP contribution in [0.25, 0.3) is 0 Å². The number of aromatic nitrogens is 2. The van der Waals surface area contributed by atoms with Crippen LogP contribution in [-0.2, 0) is 18.2 Å². The van der Waals surface area contributed by atoms with E-state index in [1.807, 2.05) is 17.8 Å². The Kier molecular flexibility index (Phi) is 4.14. The summed E-state index contributed by atoms with van der Waals surface area (Å²) >= 11 is 0. The number of nitrogens with zero attached hydrogens (tertiary/aromatic N) is 3. The second kappa shape index (κ2) is 5.82. The van der Waals surface area contributed by atoms with Crippen LogP contribution >= 0.6 is 0 Å². The molecule has 0 atom stereocenters. The summed E-state index contributed by atoms with van der Waals surface area (Å²) in [5, 5.41) is 16.0. The van der Waals surface area contributed by atoms with Crippen LogP contribution in [0.5, 0.6) is 0 Å². The molecule has 1 aliphatic rings. The van der Waals surface area contributed by atoms with Gasteiger partial charge in [-0.1, -0.05) is 5.16 Å². The van der Waals surface area contributed by atoms with Crippen molar-refractivity contribution in [3.8, 4) is 0 Å². The largest absolute Gasteiger partial charge is 0.411 e. The SMILES string of the molecule is Cn1nccc1CCOC1CCC(=NO)CC1. The van der Waals surface area contributed by atoms with Crippen molar-refractivity contribution in [3.63, 3.8) is 0 Å². The van der Waals surface area contributed by atoms with Crippen molar-refractivity contribution in [2.75, 3.05) is 6.61 Å². The molecule has 0 radical (unpaired) electrons. The molecule has 5 nitrogen and oxygen atoms in total. The molecule has 1 heterocycles. The van der Waals surface area contributed by atoms with Gasteiger partial charge in [-0.2, -0.15) is 5.10 Å². The van der Waals surface area contributed by atoms with Crippen molar-refractivity contribution in [2.24, 2.45) is 12.2 Å². The molecule has 1 aliphatic carbocycles. The molecule has 0 bridgehead atoms. The number of ether oxygens (including phenoxy) is 1. The van der Waals surface area contributed by atoms with E-state index in [1.54, 1.807) is 6.20 Å². The minimum atomic E-state index is 0.314. The standard InChI is InChI=1S/C12H19N3O2/c1-15-11(6-8-13-15)7-9-17-12-4-2-10(14-16)3-5-12/h6,8,12,16H,2-5,7,9H2,1H3. The van der Waals surface area contributed by atoms with Crippen LogP contribution in [0.2, 0.25) is 0 Å². The van der Waals surface area contributed by atoms with E-state index >= 15 is 0 Å². The van der Waals surface area contributed by atoms with Gasteiger partial charge in [0, 0.05) is 25.4 Å². The maximum absolute atomic E-state index is 8.65. The van der Waals surface area contributed by atoms with Crippen LogP contribution in [0.1, 0.15) is 31.4 Å². The van der Waals surface area contributed by atoms with Gasteiger partial charge >= 0.3 is 0 Å². The first-order valence-corrected chi connectivity index (χ1v) is 6.08. The number of aryl methyl sites for hydroxylation is 1. The molecule has 5 heteroatoms. The van der Waals surface area contributed by atoms with E-state index in [2.05, 4.69) is 10.3 Å². The lowest BCUT2D eigenvalue weighted by atomic mass is 9.96. The first-order chi connectivity index (χ1) is 8.29. The van der Waals surface area contributed by atoms with E-state index in [0.29, 0.717) is 6.10 Å². The molecule has 1 N–H and O–H groups in total.